The van der Waals surface area contributed by atoms with Gasteiger partial charge in [0, 0.05) is 15.6 Å². The Labute approximate surface area is 191 Å². The Morgan fingerprint density at radius 3 is 2.26 bits per heavy atom. The highest BCUT2D eigenvalue weighted by Crippen LogP contribution is 2.47. The van der Waals surface area contributed by atoms with Crippen LogP contribution in [0.4, 0.5) is 0 Å². The first-order valence-electron chi connectivity index (χ1n) is 9.97. The molecule has 0 N–H and O–H groups in total. The van der Waals surface area contributed by atoms with E-state index in [2.05, 4.69) is 22.0 Å². The molecular formula is C25H23BrO4S. The molecule has 31 heavy (non-hydrogen) atoms. The maximum atomic E-state index is 13.3. The van der Waals surface area contributed by atoms with Gasteiger partial charge in [-0.2, -0.15) is 8.42 Å². The third kappa shape index (κ3) is 3.73. The van der Waals surface area contributed by atoms with E-state index < -0.39 is 10.1 Å². The third-order valence-electron chi connectivity index (χ3n) is 5.40. The van der Waals surface area contributed by atoms with Crippen LogP contribution in [0.15, 0.2) is 64.0 Å². The highest BCUT2D eigenvalue weighted by molar-refractivity contribution is 9.10. The van der Waals surface area contributed by atoms with Crippen LogP contribution in [0.5, 0.6) is 5.75 Å². The molecule has 0 aliphatic rings. The van der Waals surface area contributed by atoms with Crippen LogP contribution in [-0.2, 0) is 14.3 Å². The van der Waals surface area contributed by atoms with Crippen molar-refractivity contribution in [3.63, 3.8) is 0 Å². The zero-order valence-corrected chi connectivity index (χ0v) is 20.2. The van der Waals surface area contributed by atoms with Crippen molar-refractivity contribution in [3.8, 4) is 16.9 Å². The minimum atomic E-state index is -3.99. The summed E-state index contributed by atoms with van der Waals surface area (Å²) in [6.45, 7) is 5.51. The second kappa shape index (κ2) is 8.26. The fourth-order valence-corrected chi connectivity index (χ4v) is 5.99. The van der Waals surface area contributed by atoms with Crippen LogP contribution in [-0.4, -0.2) is 22.1 Å². The van der Waals surface area contributed by atoms with Gasteiger partial charge in [0.2, 0.25) is 0 Å². The van der Waals surface area contributed by atoms with Gasteiger partial charge < -0.3 is 4.74 Å². The molecule has 0 spiro atoms. The number of fused-ring (bicyclic) bond motifs is 2. The van der Waals surface area contributed by atoms with Crippen molar-refractivity contribution in [2.75, 3.05) is 13.7 Å². The molecule has 0 unspecified atom stereocenters. The third-order valence-corrected chi connectivity index (χ3v) is 7.47. The number of hydrogen-bond acceptors (Lipinski definition) is 4. The van der Waals surface area contributed by atoms with Gasteiger partial charge in [-0.25, -0.2) is 0 Å². The smallest absolute Gasteiger partial charge is 0.297 e. The van der Waals surface area contributed by atoms with E-state index in [-0.39, 0.29) is 11.5 Å². The van der Waals surface area contributed by atoms with Crippen molar-refractivity contribution in [1.82, 2.24) is 0 Å². The summed E-state index contributed by atoms with van der Waals surface area (Å²) in [7, 11) is -2.37. The lowest BCUT2D eigenvalue weighted by Crippen LogP contribution is -2.10. The van der Waals surface area contributed by atoms with Gasteiger partial charge in [-0.05, 0) is 71.6 Å². The Bertz CT molecular complexity index is 1430. The van der Waals surface area contributed by atoms with Crippen LogP contribution < -0.4 is 4.74 Å². The summed E-state index contributed by atoms with van der Waals surface area (Å²) in [5, 5.41) is 3.70. The van der Waals surface area contributed by atoms with Gasteiger partial charge in [0.1, 0.15) is 10.6 Å². The molecule has 4 rings (SSSR count). The van der Waals surface area contributed by atoms with E-state index in [0.717, 1.165) is 37.1 Å². The van der Waals surface area contributed by atoms with Crippen molar-refractivity contribution in [3.05, 3.63) is 70.2 Å². The average molecular weight is 499 g/mol. The van der Waals surface area contributed by atoms with Crippen LogP contribution in [0.25, 0.3) is 32.7 Å². The monoisotopic (exact) mass is 498 g/mol. The number of ether oxygens (including phenoxy) is 1. The summed E-state index contributed by atoms with van der Waals surface area (Å²) in [5.41, 5.74) is 2.92. The molecule has 0 bridgehead atoms. The van der Waals surface area contributed by atoms with Crippen LogP contribution in [0.1, 0.15) is 18.1 Å². The minimum absolute atomic E-state index is 0.0622. The van der Waals surface area contributed by atoms with Crippen LogP contribution >= 0.6 is 15.9 Å². The molecule has 0 atom stereocenters. The first kappa shape index (κ1) is 21.8. The minimum Gasteiger partial charge on any atom is -0.496 e. The molecule has 0 aromatic heterocycles. The molecule has 0 aliphatic heterocycles. The molecule has 4 aromatic carbocycles. The summed E-state index contributed by atoms with van der Waals surface area (Å²) in [4.78, 5) is 0.182. The Morgan fingerprint density at radius 1 is 0.871 bits per heavy atom. The van der Waals surface area contributed by atoms with E-state index in [4.69, 9.17) is 8.92 Å². The lowest BCUT2D eigenvalue weighted by atomic mass is 9.90. The lowest BCUT2D eigenvalue weighted by Gasteiger charge is -2.21. The maximum Gasteiger partial charge on any atom is 0.297 e. The molecule has 0 heterocycles. The summed E-state index contributed by atoms with van der Waals surface area (Å²) < 4.78 is 38.6. The number of hydrogen-bond donors (Lipinski definition) is 0. The largest absolute Gasteiger partial charge is 0.496 e. The molecule has 0 radical (unpaired) electrons. The molecule has 0 saturated carbocycles. The van der Waals surface area contributed by atoms with Gasteiger partial charge in [0.05, 0.1) is 13.7 Å². The van der Waals surface area contributed by atoms with E-state index in [1.54, 1.807) is 14.0 Å². The fourth-order valence-electron chi connectivity index (χ4n) is 4.26. The SMILES string of the molecule is CCOS(=O)(=O)c1c(C)cc2ccccc2c1-c1c(OC)c(C)cc2cc(Br)ccc12. The first-order valence-corrected chi connectivity index (χ1v) is 12.2. The van der Waals surface area contributed by atoms with Crippen molar-refractivity contribution < 1.29 is 17.3 Å². The lowest BCUT2D eigenvalue weighted by molar-refractivity contribution is 0.338. The van der Waals surface area contributed by atoms with E-state index in [1.165, 1.54) is 0 Å². The Hall–Kier alpha value is -2.41. The highest BCUT2D eigenvalue weighted by Gasteiger charge is 2.28. The van der Waals surface area contributed by atoms with Gasteiger partial charge in [-0.3, -0.25) is 4.18 Å². The summed E-state index contributed by atoms with van der Waals surface area (Å²) in [6.07, 6.45) is 0. The normalized spacial score (nSPS) is 11.9. The molecule has 4 nitrogen and oxygen atoms in total. The van der Waals surface area contributed by atoms with Gasteiger partial charge in [0.25, 0.3) is 10.1 Å². The van der Waals surface area contributed by atoms with Crippen molar-refractivity contribution >= 4 is 47.6 Å². The molecule has 6 heteroatoms. The van der Waals surface area contributed by atoms with Crippen molar-refractivity contribution in [2.45, 2.75) is 25.7 Å². The van der Waals surface area contributed by atoms with Crippen LogP contribution in [0, 0.1) is 13.8 Å². The van der Waals surface area contributed by atoms with Gasteiger partial charge >= 0.3 is 0 Å². The maximum absolute atomic E-state index is 13.3. The van der Waals surface area contributed by atoms with E-state index in [1.807, 2.05) is 62.4 Å². The van der Waals surface area contributed by atoms with E-state index in [9.17, 15) is 8.42 Å². The predicted octanol–water partition coefficient (Wildman–Crippen LogP) is 6.77. The first-order chi connectivity index (χ1) is 14.8. The van der Waals surface area contributed by atoms with E-state index >= 15 is 0 Å². The Balaban J connectivity index is 2.30. The molecule has 160 valence electrons. The van der Waals surface area contributed by atoms with Gasteiger partial charge in [0.15, 0.2) is 0 Å². The second-order valence-electron chi connectivity index (χ2n) is 7.45. The number of halogens is 1. The Morgan fingerprint density at radius 2 is 1.55 bits per heavy atom. The zero-order chi connectivity index (χ0) is 22.3. The topological polar surface area (TPSA) is 52.6 Å². The Kier molecular flexibility index (Phi) is 5.81. The predicted molar refractivity (Wildman–Crippen MR) is 129 cm³/mol. The molecule has 0 saturated heterocycles. The number of methoxy groups -OCH3 is 1. The quantitative estimate of drug-likeness (QED) is 0.284. The summed E-state index contributed by atoms with van der Waals surface area (Å²) >= 11 is 3.54. The highest BCUT2D eigenvalue weighted by atomic mass is 79.9. The fraction of sp³-hybridized carbons (Fsp3) is 0.200. The summed E-state index contributed by atoms with van der Waals surface area (Å²) in [6, 6.07) is 17.7. The number of benzene rings is 4. The molecule has 4 aromatic rings. The van der Waals surface area contributed by atoms with Gasteiger partial charge in [-0.1, -0.05) is 52.3 Å². The molecule has 0 aliphatic carbocycles. The van der Waals surface area contributed by atoms with Crippen molar-refractivity contribution in [2.24, 2.45) is 0 Å². The summed E-state index contributed by atoms with van der Waals surface area (Å²) in [5.74, 6) is 0.651. The van der Waals surface area contributed by atoms with E-state index in [0.29, 0.717) is 16.9 Å². The van der Waals surface area contributed by atoms with Gasteiger partial charge in [-0.15, -0.1) is 0 Å². The number of rotatable bonds is 5. The second-order valence-corrected chi connectivity index (χ2v) is 9.91. The van der Waals surface area contributed by atoms with Crippen LogP contribution in [0.3, 0.4) is 0 Å². The number of aryl methyl sites for hydroxylation is 2. The standard InChI is InChI=1S/C25H23BrO4S/c1-5-30-31(27,28)25-16(3)13-17-8-6-7-9-20(17)23(25)22-21-11-10-19(26)14-18(21)12-15(2)24(22)29-4/h6-14H,5H2,1-4H3. The average Bonchev–Trinajstić information content (AvgIpc) is 2.71. The molecule has 0 fully saturated rings. The molecular weight excluding hydrogens is 476 g/mol. The van der Waals surface area contributed by atoms with Crippen molar-refractivity contribution in [1.29, 1.82) is 0 Å². The molecule has 0 amide bonds. The zero-order valence-electron chi connectivity index (χ0n) is 17.8. The van der Waals surface area contributed by atoms with Crippen LogP contribution in [0.2, 0.25) is 0 Å².